The van der Waals surface area contributed by atoms with Gasteiger partial charge in [0.05, 0.1) is 37.4 Å². The summed E-state index contributed by atoms with van der Waals surface area (Å²) < 4.78 is 21.5. The molecule has 0 spiro atoms. The van der Waals surface area contributed by atoms with Crippen LogP contribution in [-0.4, -0.2) is 177 Å². The van der Waals surface area contributed by atoms with Gasteiger partial charge in [0.2, 0.25) is 35.1 Å². The largest absolute Gasteiger partial charge is 0.477 e. The normalized spacial score (nSPS) is 21.0. The molecule has 386 valence electrons. The predicted molar refractivity (Wildman–Crippen MR) is 236 cm³/mol. The van der Waals surface area contributed by atoms with Gasteiger partial charge in [0.25, 0.3) is 0 Å². The van der Waals surface area contributed by atoms with Crippen molar-refractivity contribution in [2.45, 2.75) is 101 Å². The topological polar surface area (TPSA) is 491 Å². The minimum atomic E-state index is -1.87. The van der Waals surface area contributed by atoms with Crippen LogP contribution in [0.15, 0.2) is 47.9 Å². The van der Waals surface area contributed by atoms with Gasteiger partial charge in [-0.1, -0.05) is 24.3 Å². The molecule has 2 aliphatic heterocycles. The number of nitrogens with two attached hydrogens (primary N) is 2. The number of carboxylic acids is 2. The van der Waals surface area contributed by atoms with E-state index in [4.69, 9.17) is 41.2 Å². The molecule has 0 aromatic heterocycles. The third-order valence-corrected chi connectivity index (χ3v) is 9.96. The Balaban J connectivity index is 1.50. The number of carbonyl (C=O) groups excluding carboxylic acids is 6. The van der Waals surface area contributed by atoms with Crippen molar-refractivity contribution in [2.75, 3.05) is 26.3 Å². The Labute approximate surface area is 397 Å². The van der Waals surface area contributed by atoms with E-state index in [1.165, 1.54) is 0 Å². The molecule has 6 amide bonds. The van der Waals surface area contributed by atoms with E-state index in [1.54, 1.807) is 24.3 Å². The zero-order chi connectivity index (χ0) is 52.2. The predicted octanol–water partition coefficient (Wildman–Crippen LogP) is -5.96. The van der Waals surface area contributed by atoms with Crippen LogP contribution in [-0.2, 0) is 60.8 Å². The first kappa shape index (κ1) is 56.4. The second-order valence-corrected chi connectivity index (χ2v) is 15.4. The number of nitrogens with one attached hydrogen (secondary N) is 10. The first-order chi connectivity index (χ1) is 33.0. The maximum Gasteiger partial charge on any atom is 0.407 e. The van der Waals surface area contributed by atoms with Crippen molar-refractivity contribution in [3.63, 3.8) is 0 Å². The molecule has 0 radical (unpaired) electrons. The number of aliphatic hydroxyl groups is 4. The van der Waals surface area contributed by atoms with Crippen molar-refractivity contribution in [1.82, 2.24) is 42.5 Å². The number of hydrogen-bond donors (Lipinski definition) is 18. The van der Waals surface area contributed by atoms with Crippen molar-refractivity contribution in [2.24, 2.45) is 11.5 Å². The van der Waals surface area contributed by atoms with Gasteiger partial charge in [-0.05, 0) is 23.3 Å². The Morgan fingerprint density at radius 3 is 1.33 bits per heavy atom. The summed E-state index contributed by atoms with van der Waals surface area (Å²) in [5.74, 6) is -8.17. The summed E-state index contributed by atoms with van der Waals surface area (Å²) in [5.41, 5.74) is 12.1. The molecular formula is C40H58N12O18. The molecule has 3 rings (SSSR count). The SMILES string of the molecule is CC(=O)N[C@@H]1[C@@H](NC(=N)N)C=C(C(=O)O)O[C@H]1C(OC(=O)NCCC(=O)NCc1cccc(CNC(=O)CCNC(=O)O[C@@H]([C@@H]2OC(C(=O)O)=C[C@H](NC(=N)N)[C@H]2NC(C)=O)[C@H](O)CO)c1)[C@H](O)CO. The van der Waals surface area contributed by atoms with Crippen LogP contribution in [0, 0.1) is 10.8 Å². The summed E-state index contributed by atoms with van der Waals surface area (Å²) in [6.45, 7) is -0.329. The molecule has 0 fully saturated rings. The molecule has 0 bridgehead atoms. The average molecular weight is 995 g/mol. The van der Waals surface area contributed by atoms with Crippen molar-refractivity contribution in [1.29, 1.82) is 10.8 Å². The van der Waals surface area contributed by atoms with Gasteiger partial charge in [0.15, 0.2) is 36.3 Å². The number of aliphatic carboxylic acids is 2. The molecule has 0 saturated carbocycles. The summed E-state index contributed by atoms with van der Waals surface area (Å²) in [7, 11) is 0. The van der Waals surface area contributed by atoms with E-state index < -0.39 is 145 Å². The highest BCUT2D eigenvalue weighted by atomic mass is 16.6. The van der Waals surface area contributed by atoms with Crippen molar-refractivity contribution in [3.05, 3.63) is 59.1 Å². The molecule has 70 heavy (non-hydrogen) atoms. The Hall–Kier alpha value is -7.96. The van der Waals surface area contributed by atoms with Crippen LogP contribution in [0.25, 0.3) is 0 Å². The third-order valence-electron chi connectivity index (χ3n) is 9.96. The number of rotatable bonds is 24. The lowest BCUT2D eigenvalue weighted by Gasteiger charge is -2.41. The molecule has 0 saturated heterocycles. The van der Waals surface area contributed by atoms with Gasteiger partial charge < -0.3 is 104 Å². The molecule has 30 nitrogen and oxygen atoms in total. The Morgan fingerprint density at radius 2 is 1.01 bits per heavy atom. The molecule has 1 aromatic rings. The monoisotopic (exact) mass is 994 g/mol. The Bertz CT molecular complexity index is 2020. The van der Waals surface area contributed by atoms with Gasteiger partial charge in [-0.15, -0.1) is 0 Å². The van der Waals surface area contributed by atoms with Crippen molar-refractivity contribution < 1.29 is 87.9 Å². The maximum absolute atomic E-state index is 12.8. The molecule has 2 aliphatic rings. The lowest BCUT2D eigenvalue weighted by molar-refractivity contribution is -0.147. The van der Waals surface area contributed by atoms with Gasteiger partial charge >= 0.3 is 24.1 Å². The zero-order valence-electron chi connectivity index (χ0n) is 37.6. The van der Waals surface area contributed by atoms with Crippen LogP contribution in [0.1, 0.15) is 37.8 Å². The highest BCUT2D eigenvalue weighted by Gasteiger charge is 2.48. The second-order valence-electron chi connectivity index (χ2n) is 15.4. The molecule has 10 atom stereocenters. The second kappa shape index (κ2) is 27.1. The number of hydrogen-bond acceptors (Lipinski definition) is 18. The van der Waals surface area contributed by atoms with Gasteiger partial charge in [-0.2, -0.15) is 0 Å². The number of carboxylic acid groups (broad SMARTS) is 2. The number of ether oxygens (including phenoxy) is 4. The first-order valence-corrected chi connectivity index (χ1v) is 21.1. The minimum absolute atomic E-state index is 0.0194. The number of benzene rings is 1. The summed E-state index contributed by atoms with van der Waals surface area (Å²) in [6.07, 6.45) is -11.6. The molecule has 1 unspecified atom stereocenters. The van der Waals surface area contributed by atoms with Crippen LogP contribution in [0.3, 0.4) is 0 Å². The number of aliphatic hydroxyl groups excluding tert-OH is 4. The Kier molecular flexibility index (Phi) is 21.9. The van der Waals surface area contributed by atoms with Crippen LogP contribution < -0.4 is 54.0 Å². The number of carbonyl (C=O) groups is 8. The van der Waals surface area contributed by atoms with Gasteiger partial charge in [-0.25, -0.2) is 19.2 Å². The molecular weight excluding hydrogens is 937 g/mol. The fourth-order valence-corrected chi connectivity index (χ4v) is 6.93. The quantitative estimate of drug-likeness (QED) is 0.0339. The summed E-state index contributed by atoms with van der Waals surface area (Å²) in [4.78, 5) is 98.7. The van der Waals surface area contributed by atoms with E-state index in [0.29, 0.717) is 11.1 Å². The van der Waals surface area contributed by atoms with Crippen LogP contribution in [0.4, 0.5) is 9.59 Å². The van der Waals surface area contributed by atoms with Crippen LogP contribution in [0.2, 0.25) is 0 Å². The number of guanidine groups is 2. The third kappa shape index (κ3) is 17.9. The van der Waals surface area contributed by atoms with Crippen LogP contribution >= 0.6 is 0 Å². The maximum atomic E-state index is 12.8. The van der Waals surface area contributed by atoms with Crippen LogP contribution in [0.5, 0.6) is 0 Å². The molecule has 2 heterocycles. The summed E-state index contributed by atoms with van der Waals surface area (Å²) in [6, 6.07) is 1.72. The lowest BCUT2D eigenvalue weighted by atomic mass is 9.92. The van der Waals surface area contributed by atoms with Gasteiger partial charge in [-0.3, -0.25) is 30.0 Å². The van der Waals surface area contributed by atoms with Gasteiger partial charge in [0, 0.05) is 52.9 Å². The standard InChI is InChI=1S/C40H58N12O18/c1-17(55)49-29-21(51-37(41)42)11-25(35(61)62)67-33(29)31(23(57)15-53)69-39(65)45-8-6-27(59)47-13-19-4-3-5-20(10-19)14-48-28(60)7-9-46-40(66)70-32(24(58)16-54)34-30(50-18(2)56)22(52-38(43)44)12-26(68-34)36(63)64/h3-5,10-12,21-24,29-34,53-54,57-58H,6-9,13-16H2,1-2H3,(H,45,65)(H,46,66)(H,47,59)(H,48,60)(H,49,55)(H,50,56)(H,61,62)(H,63,64)(H4,41,42,51)(H4,43,44,52)/t21-,22-,23+,24+,29+,30+,31+,32?,33+,34+/m0/s1. The van der Waals surface area contributed by atoms with E-state index in [9.17, 15) is 69.0 Å². The van der Waals surface area contributed by atoms with Crippen molar-refractivity contribution >= 4 is 59.7 Å². The van der Waals surface area contributed by atoms with Crippen molar-refractivity contribution in [3.8, 4) is 0 Å². The van der Waals surface area contributed by atoms with E-state index in [-0.39, 0.29) is 39.0 Å². The molecule has 0 aliphatic carbocycles. The lowest BCUT2D eigenvalue weighted by Crippen LogP contribution is -2.65. The first-order valence-electron chi connectivity index (χ1n) is 21.1. The summed E-state index contributed by atoms with van der Waals surface area (Å²) >= 11 is 0. The van der Waals surface area contributed by atoms with E-state index in [1.807, 2.05) is 0 Å². The number of alkyl carbamates (subject to hydrolysis) is 2. The number of amides is 6. The fourth-order valence-electron chi connectivity index (χ4n) is 6.93. The Morgan fingerprint density at radius 1 is 0.643 bits per heavy atom. The minimum Gasteiger partial charge on any atom is -0.477 e. The molecule has 30 heteroatoms. The fraction of sp³-hybridized carbons (Fsp3) is 0.500. The molecule has 1 aromatic carbocycles. The van der Waals surface area contributed by atoms with Gasteiger partial charge in [0.1, 0.15) is 12.2 Å². The highest BCUT2D eigenvalue weighted by molar-refractivity contribution is 5.86. The average Bonchev–Trinajstić information content (AvgIpc) is 3.28. The summed E-state index contributed by atoms with van der Waals surface area (Å²) in [5, 5.41) is 94.7. The zero-order valence-corrected chi connectivity index (χ0v) is 37.6. The highest BCUT2D eigenvalue weighted by Crippen LogP contribution is 2.27. The molecule has 20 N–H and O–H groups in total. The van der Waals surface area contributed by atoms with E-state index in [2.05, 4.69) is 42.5 Å². The smallest absolute Gasteiger partial charge is 0.407 e. The van der Waals surface area contributed by atoms with E-state index in [0.717, 1.165) is 26.0 Å². The van der Waals surface area contributed by atoms with E-state index >= 15 is 0 Å².